The van der Waals surface area contributed by atoms with E-state index < -0.39 is 0 Å². The Hall–Kier alpha value is -1.42. The lowest BCUT2D eigenvalue weighted by atomic mass is 10.1. The first-order valence-corrected chi connectivity index (χ1v) is 7.79. The summed E-state index contributed by atoms with van der Waals surface area (Å²) in [7, 11) is 1.69. The third-order valence-electron chi connectivity index (χ3n) is 3.04. The first kappa shape index (κ1) is 14.0. The molecule has 0 spiro atoms. The van der Waals surface area contributed by atoms with Gasteiger partial charge in [-0.2, -0.15) is 11.8 Å². The summed E-state index contributed by atoms with van der Waals surface area (Å²) in [6, 6.07) is 8.09. The Bertz CT molecular complexity index is 545. The van der Waals surface area contributed by atoms with E-state index in [0.717, 1.165) is 29.3 Å². The zero-order valence-corrected chi connectivity index (χ0v) is 12.5. The number of rotatable bonds is 6. The van der Waals surface area contributed by atoms with E-state index in [1.165, 1.54) is 5.39 Å². The highest BCUT2D eigenvalue weighted by atomic mass is 32.2. The van der Waals surface area contributed by atoms with Gasteiger partial charge in [0.05, 0.1) is 7.11 Å². The molecule has 0 bridgehead atoms. The Morgan fingerprint density at radius 2 is 2.21 bits per heavy atom. The van der Waals surface area contributed by atoms with E-state index in [2.05, 4.69) is 29.5 Å². The third kappa shape index (κ3) is 3.53. The molecule has 2 rings (SSSR count). The van der Waals surface area contributed by atoms with Crippen LogP contribution in [0.4, 0.5) is 5.82 Å². The third-order valence-corrected chi connectivity index (χ3v) is 3.94. The number of nitrogens with zero attached hydrogens (tertiary/aromatic N) is 1. The second kappa shape index (κ2) is 6.66. The molecule has 3 nitrogen and oxygen atoms in total. The summed E-state index contributed by atoms with van der Waals surface area (Å²) >= 11 is 1.87. The van der Waals surface area contributed by atoms with Gasteiger partial charge in [-0.1, -0.05) is 13.0 Å². The fraction of sp³-hybridized carbons (Fsp3) is 0.400. The number of hydrogen-bond acceptors (Lipinski definition) is 4. The molecule has 1 unspecified atom stereocenters. The first-order valence-electron chi connectivity index (χ1n) is 6.40. The highest BCUT2D eigenvalue weighted by Crippen LogP contribution is 2.25. The Kier molecular flexibility index (Phi) is 4.91. The average molecular weight is 276 g/mol. The minimum absolute atomic E-state index is 0.623. The smallest absolute Gasteiger partial charge is 0.133 e. The summed E-state index contributed by atoms with van der Waals surface area (Å²) in [5.74, 6) is 3.57. The van der Waals surface area contributed by atoms with Crippen molar-refractivity contribution >= 4 is 28.4 Å². The summed E-state index contributed by atoms with van der Waals surface area (Å²) in [5, 5.41) is 5.73. The monoisotopic (exact) mass is 276 g/mol. The summed E-state index contributed by atoms with van der Waals surface area (Å²) in [5.41, 5.74) is 0. The molecular formula is C15H20N2OS. The second-order valence-electron chi connectivity index (χ2n) is 4.69. The van der Waals surface area contributed by atoms with Crippen LogP contribution < -0.4 is 10.1 Å². The summed E-state index contributed by atoms with van der Waals surface area (Å²) in [6.45, 7) is 3.18. The normalized spacial score (nSPS) is 12.4. The number of ether oxygens (including phenoxy) is 1. The number of pyridine rings is 1. The summed E-state index contributed by atoms with van der Waals surface area (Å²) in [6.07, 6.45) is 3.98. The van der Waals surface area contributed by atoms with Gasteiger partial charge in [0.2, 0.25) is 0 Å². The van der Waals surface area contributed by atoms with Crippen LogP contribution in [0.5, 0.6) is 5.75 Å². The van der Waals surface area contributed by atoms with Gasteiger partial charge in [-0.05, 0) is 41.5 Å². The maximum Gasteiger partial charge on any atom is 0.133 e. The number of aromatic nitrogens is 1. The van der Waals surface area contributed by atoms with Crippen molar-refractivity contribution in [2.75, 3.05) is 31.0 Å². The van der Waals surface area contributed by atoms with Crippen LogP contribution in [0.1, 0.15) is 6.92 Å². The highest BCUT2D eigenvalue weighted by molar-refractivity contribution is 7.98. The van der Waals surface area contributed by atoms with Crippen molar-refractivity contribution in [1.29, 1.82) is 0 Å². The summed E-state index contributed by atoms with van der Waals surface area (Å²) < 4.78 is 5.28. The van der Waals surface area contributed by atoms with Gasteiger partial charge in [0, 0.05) is 18.1 Å². The van der Waals surface area contributed by atoms with Crippen LogP contribution in [0.2, 0.25) is 0 Å². The molecule has 0 aliphatic heterocycles. The lowest BCUT2D eigenvalue weighted by molar-refractivity contribution is 0.415. The van der Waals surface area contributed by atoms with Gasteiger partial charge in [-0.25, -0.2) is 4.98 Å². The van der Waals surface area contributed by atoms with Crippen molar-refractivity contribution in [2.45, 2.75) is 6.92 Å². The lowest BCUT2D eigenvalue weighted by Gasteiger charge is -2.13. The van der Waals surface area contributed by atoms with Crippen LogP contribution in [0.25, 0.3) is 10.8 Å². The maximum absolute atomic E-state index is 5.28. The van der Waals surface area contributed by atoms with Gasteiger partial charge < -0.3 is 10.1 Å². The molecule has 2 aromatic rings. The second-order valence-corrected chi connectivity index (χ2v) is 5.60. The molecule has 1 N–H and O–H groups in total. The minimum Gasteiger partial charge on any atom is -0.497 e. The van der Waals surface area contributed by atoms with Crippen molar-refractivity contribution in [3.8, 4) is 5.75 Å². The number of thioether (sulfide) groups is 1. The predicted octanol–water partition coefficient (Wildman–Crippen LogP) is 3.65. The SMILES string of the molecule is COc1ccc2ccnc(NCC(C)CSC)c2c1. The van der Waals surface area contributed by atoms with E-state index >= 15 is 0 Å². The Morgan fingerprint density at radius 3 is 2.95 bits per heavy atom. The maximum atomic E-state index is 5.28. The largest absolute Gasteiger partial charge is 0.497 e. The van der Waals surface area contributed by atoms with Gasteiger partial charge in [0.1, 0.15) is 11.6 Å². The number of nitrogens with one attached hydrogen (secondary N) is 1. The number of methoxy groups -OCH3 is 1. The van der Waals surface area contributed by atoms with Crippen LogP contribution in [0.3, 0.4) is 0 Å². The molecule has 0 amide bonds. The first-order chi connectivity index (χ1) is 9.24. The zero-order valence-electron chi connectivity index (χ0n) is 11.6. The molecule has 0 aliphatic carbocycles. The molecule has 1 atom stereocenters. The fourth-order valence-electron chi connectivity index (χ4n) is 2.03. The average Bonchev–Trinajstić information content (AvgIpc) is 2.44. The molecule has 19 heavy (non-hydrogen) atoms. The van der Waals surface area contributed by atoms with E-state index in [1.807, 2.05) is 36.2 Å². The molecule has 0 saturated carbocycles. The van der Waals surface area contributed by atoms with Crippen molar-refractivity contribution in [3.05, 3.63) is 30.5 Å². The van der Waals surface area contributed by atoms with Crippen molar-refractivity contribution in [1.82, 2.24) is 4.98 Å². The van der Waals surface area contributed by atoms with E-state index in [9.17, 15) is 0 Å². The van der Waals surface area contributed by atoms with Crippen LogP contribution in [-0.2, 0) is 0 Å². The van der Waals surface area contributed by atoms with Gasteiger partial charge in [0.15, 0.2) is 0 Å². The van der Waals surface area contributed by atoms with Crippen LogP contribution >= 0.6 is 11.8 Å². The Labute approximate surface area is 118 Å². The minimum atomic E-state index is 0.623. The number of fused-ring (bicyclic) bond motifs is 1. The topological polar surface area (TPSA) is 34.1 Å². The molecular weight excluding hydrogens is 256 g/mol. The van der Waals surface area contributed by atoms with Crippen LogP contribution in [-0.4, -0.2) is 30.6 Å². The molecule has 0 aliphatic rings. The molecule has 0 saturated heterocycles. The fourth-order valence-corrected chi connectivity index (χ4v) is 2.72. The van der Waals surface area contributed by atoms with Crippen molar-refractivity contribution < 1.29 is 4.74 Å². The van der Waals surface area contributed by atoms with E-state index in [0.29, 0.717) is 5.92 Å². The molecule has 4 heteroatoms. The lowest BCUT2D eigenvalue weighted by Crippen LogP contribution is -2.14. The number of benzene rings is 1. The van der Waals surface area contributed by atoms with Gasteiger partial charge in [-0.3, -0.25) is 0 Å². The Morgan fingerprint density at radius 1 is 1.37 bits per heavy atom. The van der Waals surface area contributed by atoms with E-state index in [4.69, 9.17) is 4.74 Å². The van der Waals surface area contributed by atoms with Gasteiger partial charge in [-0.15, -0.1) is 0 Å². The van der Waals surface area contributed by atoms with Gasteiger partial charge in [0.25, 0.3) is 0 Å². The van der Waals surface area contributed by atoms with Crippen LogP contribution in [0.15, 0.2) is 30.5 Å². The predicted molar refractivity (Wildman–Crippen MR) is 84.3 cm³/mol. The molecule has 1 heterocycles. The number of hydrogen-bond donors (Lipinski definition) is 1. The highest BCUT2D eigenvalue weighted by Gasteiger charge is 2.06. The quantitative estimate of drug-likeness (QED) is 0.873. The van der Waals surface area contributed by atoms with Gasteiger partial charge >= 0.3 is 0 Å². The van der Waals surface area contributed by atoms with Crippen molar-refractivity contribution in [2.24, 2.45) is 5.92 Å². The molecule has 0 fully saturated rings. The van der Waals surface area contributed by atoms with E-state index in [1.54, 1.807) is 7.11 Å². The van der Waals surface area contributed by atoms with E-state index in [-0.39, 0.29) is 0 Å². The standard InChI is InChI=1S/C15H20N2OS/c1-11(10-19-3)9-17-15-14-8-13(18-2)5-4-12(14)6-7-16-15/h4-8,11H,9-10H2,1-3H3,(H,16,17). The molecule has 1 aromatic heterocycles. The molecule has 102 valence electrons. The molecule has 0 radical (unpaired) electrons. The van der Waals surface area contributed by atoms with Crippen LogP contribution in [0, 0.1) is 5.92 Å². The molecule has 1 aromatic carbocycles. The number of anilines is 1. The zero-order chi connectivity index (χ0) is 13.7. The van der Waals surface area contributed by atoms with Crippen molar-refractivity contribution in [3.63, 3.8) is 0 Å². The Balaban J connectivity index is 2.22. The summed E-state index contributed by atoms with van der Waals surface area (Å²) in [4.78, 5) is 4.44.